The Kier molecular flexibility index (Phi) is 8.25. The summed E-state index contributed by atoms with van der Waals surface area (Å²) in [6, 6.07) is 1.33. The van der Waals surface area contributed by atoms with Crippen molar-refractivity contribution in [1.82, 2.24) is 20.4 Å². The molecule has 17 heteroatoms. The molecule has 0 unspecified atom stereocenters. The number of carboxylic acid groups (broad SMARTS) is 1. The molecule has 14 nitrogen and oxygen atoms in total. The summed E-state index contributed by atoms with van der Waals surface area (Å²) in [5.74, 6) is -8.92. The zero-order valence-corrected chi connectivity index (χ0v) is 22.0. The Morgan fingerprint density at radius 3 is 2.54 bits per heavy atom. The van der Waals surface area contributed by atoms with Crippen LogP contribution < -0.4 is 15.3 Å². The van der Waals surface area contributed by atoms with Crippen molar-refractivity contribution in [3.63, 3.8) is 0 Å². The van der Waals surface area contributed by atoms with E-state index < -0.39 is 82.5 Å². The molecule has 0 radical (unpaired) electrons. The Bertz CT molecular complexity index is 1460. The fourth-order valence-electron chi connectivity index (χ4n) is 4.47. The van der Waals surface area contributed by atoms with Gasteiger partial charge in [-0.2, -0.15) is 0 Å². The van der Waals surface area contributed by atoms with Crippen LogP contribution in [0.25, 0.3) is 0 Å². The Balaban J connectivity index is 1.62. The Labute approximate surface area is 236 Å². The number of carbonyl (C=O) groups excluding carboxylic acids is 4. The molecule has 216 valence electrons. The molecule has 1 fully saturated rings. The Morgan fingerprint density at radius 1 is 1.17 bits per heavy atom. The number of aromatic carboxylic acids is 1. The van der Waals surface area contributed by atoms with Crippen LogP contribution in [0.1, 0.15) is 34.5 Å². The van der Waals surface area contributed by atoms with Gasteiger partial charge in [-0.1, -0.05) is 23.7 Å². The van der Waals surface area contributed by atoms with Crippen LogP contribution >= 0.6 is 11.6 Å². The standard InChI is InChI=1S/C24H23BClFN4O10/c1-2-30-7-8-31(22(36)21(30)35)24(39)29-17(11-4-6-13(32)18(33)16(11)26)20(34)28-14-9-10-3-5-12(27)15(23(37)38)19(10)41-25(14)40/h3-6,14,17,32-33,40H,2,7-9H2,1H3,(H,28,34)(H,29,39)(H,37,38)/t14-,17+/m0/s1. The summed E-state index contributed by atoms with van der Waals surface area (Å²) in [5.41, 5.74) is -0.871. The average molecular weight is 593 g/mol. The number of rotatable bonds is 6. The van der Waals surface area contributed by atoms with Gasteiger partial charge in [0.25, 0.3) is 0 Å². The topological polar surface area (TPSA) is 206 Å². The smallest absolute Gasteiger partial charge is 0.534 e. The van der Waals surface area contributed by atoms with E-state index in [1.165, 1.54) is 11.0 Å². The van der Waals surface area contributed by atoms with Crippen LogP contribution in [0.5, 0.6) is 17.2 Å². The second-order valence-electron chi connectivity index (χ2n) is 9.10. The van der Waals surface area contributed by atoms with E-state index in [-0.39, 0.29) is 37.2 Å². The highest BCUT2D eigenvalue weighted by Gasteiger charge is 2.42. The van der Waals surface area contributed by atoms with E-state index in [9.17, 15) is 48.7 Å². The summed E-state index contributed by atoms with van der Waals surface area (Å²) in [4.78, 5) is 64.7. The number of likely N-dealkylation sites (N-methyl/N-ethyl adjacent to an activating group) is 1. The minimum atomic E-state index is -1.85. The van der Waals surface area contributed by atoms with Crippen LogP contribution in [-0.4, -0.2) is 92.6 Å². The lowest BCUT2D eigenvalue weighted by atomic mass is 9.72. The van der Waals surface area contributed by atoms with Crippen LogP contribution in [-0.2, 0) is 20.8 Å². The fourth-order valence-corrected chi connectivity index (χ4v) is 4.74. The lowest BCUT2D eigenvalue weighted by Gasteiger charge is -2.33. The number of hydrogen-bond donors (Lipinski definition) is 6. The largest absolute Gasteiger partial charge is 0.547 e. The van der Waals surface area contributed by atoms with Gasteiger partial charge in [0.15, 0.2) is 11.5 Å². The minimum Gasteiger partial charge on any atom is -0.534 e. The number of imide groups is 1. The second kappa shape index (κ2) is 11.5. The highest BCUT2D eigenvalue weighted by molar-refractivity contribution is 6.47. The number of phenols is 2. The monoisotopic (exact) mass is 592 g/mol. The van der Waals surface area contributed by atoms with Crippen LogP contribution in [0, 0.1) is 5.82 Å². The first-order valence-electron chi connectivity index (χ1n) is 12.2. The number of carbonyl (C=O) groups is 5. The molecule has 2 aliphatic heterocycles. The molecule has 5 amide bonds. The Hall–Kier alpha value is -4.57. The van der Waals surface area contributed by atoms with Gasteiger partial charge in [0.1, 0.15) is 23.2 Å². The van der Waals surface area contributed by atoms with Crippen molar-refractivity contribution in [2.45, 2.75) is 25.3 Å². The van der Waals surface area contributed by atoms with Crippen LogP contribution in [0.4, 0.5) is 9.18 Å². The van der Waals surface area contributed by atoms with Gasteiger partial charge in [0.05, 0.1) is 11.0 Å². The van der Waals surface area contributed by atoms with Crippen molar-refractivity contribution in [2.24, 2.45) is 0 Å². The van der Waals surface area contributed by atoms with Gasteiger partial charge in [-0.15, -0.1) is 0 Å². The predicted octanol–water partition coefficient (Wildman–Crippen LogP) is 0.170. The number of halogens is 2. The highest BCUT2D eigenvalue weighted by atomic mass is 35.5. The number of nitrogens with zero attached hydrogens (tertiary/aromatic N) is 2. The van der Waals surface area contributed by atoms with Gasteiger partial charge in [0, 0.05) is 25.2 Å². The quantitative estimate of drug-likeness (QED) is 0.152. The first-order valence-corrected chi connectivity index (χ1v) is 12.5. The number of aromatic hydroxyl groups is 2. The van der Waals surface area contributed by atoms with Gasteiger partial charge < -0.3 is 40.5 Å². The minimum absolute atomic E-state index is 0.0516. The number of carboxylic acids is 1. The number of fused-ring (bicyclic) bond motifs is 1. The molecular weight excluding hydrogens is 570 g/mol. The number of amides is 5. The van der Waals surface area contributed by atoms with Crippen molar-refractivity contribution in [2.75, 3.05) is 19.6 Å². The summed E-state index contributed by atoms with van der Waals surface area (Å²) in [7, 11) is -1.85. The van der Waals surface area contributed by atoms with Gasteiger partial charge in [-0.25, -0.2) is 14.0 Å². The van der Waals surface area contributed by atoms with Crippen molar-refractivity contribution in [3.8, 4) is 17.2 Å². The van der Waals surface area contributed by atoms with Gasteiger partial charge >= 0.3 is 30.9 Å². The van der Waals surface area contributed by atoms with E-state index in [2.05, 4.69) is 10.6 Å². The molecule has 2 heterocycles. The Morgan fingerprint density at radius 2 is 1.88 bits per heavy atom. The second-order valence-corrected chi connectivity index (χ2v) is 9.48. The molecule has 0 spiro atoms. The molecular formula is C24H23BClFN4O10. The lowest BCUT2D eigenvalue weighted by molar-refractivity contribution is -0.153. The summed E-state index contributed by atoms with van der Waals surface area (Å²) in [6.07, 6.45) is -0.218. The number of benzene rings is 2. The van der Waals surface area contributed by atoms with E-state index in [0.29, 0.717) is 4.90 Å². The first-order chi connectivity index (χ1) is 19.3. The number of phenolic OH excluding ortho intramolecular Hbond substituents is 2. The van der Waals surface area contributed by atoms with E-state index in [1.807, 2.05) is 0 Å². The van der Waals surface area contributed by atoms with E-state index in [0.717, 1.165) is 18.2 Å². The predicted molar refractivity (Wildman–Crippen MR) is 138 cm³/mol. The molecule has 2 aromatic rings. The number of nitrogens with one attached hydrogen (secondary N) is 2. The summed E-state index contributed by atoms with van der Waals surface area (Å²) in [6.45, 7) is 1.77. The molecule has 2 aliphatic rings. The molecule has 0 aromatic heterocycles. The molecule has 0 saturated carbocycles. The molecule has 0 aliphatic carbocycles. The fraction of sp³-hybridized carbons (Fsp3) is 0.292. The molecule has 2 atom stereocenters. The van der Waals surface area contributed by atoms with Crippen molar-refractivity contribution in [1.29, 1.82) is 0 Å². The van der Waals surface area contributed by atoms with Crippen molar-refractivity contribution in [3.05, 3.63) is 51.8 Å². The molecule has 2 aromatic carbocycles. The molecule has 4 rings (SSSR count). The SMILES string of the molecule is CCN1CCN(C(=O)N[C@@H](C(=O)N[C@H]2Cc3ccc(F)c(C(=O)O)c3OB2O)c2ccc(O)c(O)c2Cl)C(=O)C1=O. The molecule has 0 bridgehead atoms. The zero-order chi connectivity index (χ0) is 30.2. The number of hydrogen-bond acceptors (Lipinski definition) is 9. The third-order valence-electron chi connectivity index (χ3n) is 6.65. The van der Waals surface area contributed by atoms with Crippen LogP contribution in [0.15, 0.2) is 24.3 Å². The molecule has 41 heavy (non-hydrogen) atoms. The van der Waals surface area contributed by atoms with Gasteiger partial charge in [-0.3, -0.25) is 19.3 Å². The highest BCUT2D eigenvalue weighted by Crippen LogP contribution is 2.38. The number of piperazine rings is 1. The maximum atomic E-state index is 14.1. The van der Waals surface area contributed by atoms with E-state index >= 15 is 0 Å². The third kappa shape index (κ3) is 5.56. The van der Waals surface area contributed by atoms with E-state index in [4.69, 9.17) is 16.3 Å². The van der Waals surface area contributed by atoms with Gasteiger partial charge in [0.2, 0.25) is 5.91 Å². The van der Waals surface area contributed by atoms with Crippen LogP contribution in [0.2, 0.25) is 5.02 Å². The maximum absolute atomic E-state index is 14.1. The zero-order valence-electron chi connectivity index (χ0n) is 21.3. The van der Waals surface area contributed by atoms with Crippen molar-refractivity contribution < 1.29 is 53.4 Å². The normalized spacial score (nSPS) is 17.5. The average Bonchev–Trinajstić information content (AvgIpc) is 2.92. The molecule has 6 N–H and O–H groups in total. The summed E-state index contributed by atoms with van der Waals surface area (Å²) >= 11 is 6.15. The van der Waals surface area contributed by atoms with Crippen LogP contribution in [0.3, 0.4) is 0 Å². The first kappa shape index (κ1) is 29.4. The lowest BCUT2D eigenvalue weighted by Crippen LogP contribution is -2.60. The van der Waals surface area contributed by atoms with Gasteiger partial charge in [-0.05, 0) is 31.0 Å². The molecule has 1 saturated heterocycles. The van der Waals surface area contributed by atoms with Crippen molar-refractivity contribution >= 4 is 48.4 Å². The van der Waals surface area contributed by atoms with E-state index in [1.54, 1.807) is 6.92 Å². The summed E-state index contributed by atoms with van der Waals surface area (Å²) < 4.78 is 19.3. The third-order valence-corrected chi connectivity index (χ3v) is 7.05. The number of urea groups is 1. The summed E-state index contributed by atoms with van der Waals surface area (Å²) in [5, 5.41) is 43.9. The maximum Gasteiger partial charge on any atom is 0.547 e.